The van der Waals surface area contributed by atoms with Gasteiger partial charge >= 0.3 is 0 Å². The number of aromatic nitrogens is 1. The monoisotopic (exact) mass is 192 g/mol. The second-order valence-corrected chi connectivity index (χ2v) is 3.81. The summed E-state index contributed by atoms with van der Waals surface area (Å²) in [5.41, 5.74) is 5.46. The number of carbonyl (C=O) groups is 1. The van der Waals surface area contributed by atoms with Crippen molar-refractivity contribution < 1.29 is 4.79 Å². The van der Waals surface area contributed by atoms with Crippen molar-refractivity contribution in [2.45, 2.75) is 19.4 Å². The van der Waals surface area contributed by atoms with Gasteiger partial charge in [-0.05, 0) is 18.4 Å². The van der Waals surface area contributed by atoms with Crippen LogP contribution >= 0.6 is 0 Å². The third kappa shape index (κ3) is 1.43. The second-order valence-electron chi connectivity index (χ2n) is 3.81. The molecule has 4 nitrogen and oxygen atoms in total. The van der Waals surface area contributed by atoms with Crippen LogP contribution in [0.1, 0.15) is 29.7 Å². The maximum atomic E-state index is 11.4. The topological polar surface area (TPSA) is 65.1 Å². The summed E-state index contributed by atoms with van der Waals surface area (Å²) >= 11 is 0. The molecule has 0 spiro atoms. The van der Waals surface area contributed by atoms with E-state index in [9.17, 15) is 9.59 Å². The predicted molar refractivity (Wildman–Crippen MR) is 52.0 cm³/mol. The average Bonchev–Trinajstić information content (AvgIpc) is 2.83. The van der Waals surface area contributed by atoms with E-state index in [1.54, 1.807) is 10.8 Å². The molecule has 14 heavy (non-hydrogen) atoms. The Morgan fingerprint density at radius 1 is 1.57 bits per heavy atom. The molecule has 1 amide bonds. The van der Waals surface area contributed by atoms with Crippen LogP contribution in [-0.4, -0.2) is 10.5 Å². The molecule has 0 unspecified atom stereocenters. The number of rotatable bonds is 2. The summed E-state index contributed by atoms with van der Waals surface area (Å²) in [7, 11) is 0. The summed E-state index contributed by atoms with van der Waals surface area (Å²) in [5.74, 6) is 0.0304. The van der Waals surface area contributed by atoms with Crippen molar-refractivity contribution in [1.82, 2.24) is 4.57 Å². The van der Waals surface area contributed by atoms with Crippen LogP contribution < -0.4 is 11.3 Å². The molecule has 0 aromatic carbocycles. The Balaban J connectivity index is 2.43. The molecule has 0 aliphatic heterocycles. The van der Waals surface area contributed by atoms with Crippen LogP contribution in [0.5, 0.6) is 0 Å². The highest BCUT2D eigenvalue weighted by Gasteiger charge is 2.34. The normalized spacial score (nSPS) is 24.6. The Bertz CT molecular complexity index is 436. The third-order valence-electron chi connectivity index (χ3n) is 2.65. The van der Waals surface area contributed by atoms with Crippen LogP contribution in [0.3, 0.4) is 0 Å². The molecule has 1 saturated carbocycles. The average molecular weight is 192 g/mol. The minimum absolute atomic E-state index is 0.0654. The van der Waals surface area contributed by atoms with Gasteiger partial charge in [0.05, 0.1) is 5.56 Å². The zero-order valence-corrected chi connectivity index (χ0v) is 7.93. The first-order valence-corrected chi connectivity index (χ1v) is 4.61. The lowest BCUT2D eigenvalue weighted by Gasteiger charge is -2.04. The molecule has 1 aliphatic carbocycles. The molecule has 2 rings (SSSR count). The first-order chi connectivity index (χ1) is 6.59. The number of carbonyl (C=O) groups excluding carboxylic acids is 1. The minimum Gasteiger partial charge on any atom is -0.366 e. The molecule has 0 bridgehead atoms. The van der Waals surface area contributed by atoms with Crippen molar-refractivity contribution in [1.29, 1.82) is 0 Å². The number of pyridine rings is 1. The van der Waals surface area contributed by atoms with E-state index >= 15 is 0 Å². The minimum atomic E-state index is -0.493. The number of nitrogens with zero attached hydrogens (tertiary/aromatic N) is 1. The van der Waals surface area contributed by atoms with Crippen molar-refractivity contribution in [3.63, 3.8) is 0 Å². The maximum absolute atomic E-state index is 11.4. The number of hydrogen-bond donors (Lipinski definition) is 1. The van der Waals surface area contributed by atoms with Crippen molar-refractivity contribution >= 4 is 5.91 Å². The molecule has 0 radical (unpaired) electrons. The van der Waals surface area contributed by atoms with E-state index in [4.69, 9.17) is 5.73 Å². The van der Waals surface area contributed by atoms with Crippen LogP contribution in [0, 0.1) is 5.92 Å². The fourth-order valence-corrected chi connectivity index (χ4v) is 1.60. The molecule has 0 saturated heterocycles. The first-order valence-electron chi connectivity index (χ1n) is 4.61. The zero-order chi connectivity index (χ0) is 10.3. The molecule has 2 atom stereocenters. The highest BCUT2D eigenvalue weighted by Crippen LogP contribution is 2.41. The van der Waals surface area contributed by atoms with Crippen molar-refractivity contribution in [3.8, 4) is 0 Å². The van der Waals surface area contributed by atoms with Crippen LogP contribution in [0.15, 0.2) is 23.1 Å². The van der Waals surface area contributed by atoms with Crippen molar-refractivity contribution in [2.24, 2.45) is 11.7 Å². The lowest BCUT2D eigenvalue weighted by Crippen LogP contribution is -2.21. The Morgan fingerprint density at radius 2 is 2.21 bits per heavy atom. The lowest BCUT2D eigenvalue weighted by molar-refractivity contribution is 0.0999. The van der Waals surface area contributed by atoms with Crippen molar-refractivity contribution in [2.75, 3.05) is 0 Å². The summed E-state index contributed by atoms with van der Waals surface area (Å²) in [4.78, 5) is 22.3. The van der Waals surface area contributed by atoms with Crippen LogP contribution in [0.4, 0.5) is 0 Å². The number of primary amides is 1. The van der Waals surface area contributed by atoms with E-state index < -0.39 is 5.91 Å². The Kier molecular flexibility index (Phi) is 1.91. The van der Waals surface area contributed by atoms with E-state index in [0.29, 0.717) is 11.5 Å². The summed E-state index contributed by atoms with van der Waals surface area (Å²) < 4.78 is 1.60. The quantitative estimate of drug-likeness (QED) is 0.742. The van der Waals surface area contributed by atoms with E-state index in [1.807, 2.05) is 0 Å². The zero-order valence-electron chi connectivity index (χ0n) is 7.93. The summed E-state index contributed by atoms with van der Waals surface area (Å²) in [5, 5.41) is 0. The fraction of sp³-hybridized carbons (Fsp3) is 0.400. The molecule has 4 heteroatoms. The van der Waals surface area contributed by atoms with Gasteiger partial charge in [0.25, 0.3) is 5.56 Å². The molecule has 1 aliphatic rings. The highest BCUT2D eigenvalue weighted by molar-refractivity contribution is 5.92. The molecule has 1 heterocycles. The van der Waals surface area contributed by atoms with E-state index in [-0.39, 0.29) is 11.6 Å². The fourth-order valence-electron chi connectivity index (χ4n) is 1.60. The standard InChI is InChI=1S/C10H12N2O2/c1-6-4-8(6)12-5-7(10(11)14)2-3-9(12)13/h2-3,5-6,8H,4H2,1H3,(H2,11,14)/t6-,8+/m1/s1. The lowest BCUT2D eigenvalue weighted by atomic mass is 10.2. The second kappa shape index (κ2) is 2.97. The van der Waals surface area contributed by atoms with Gasteiger partial charge < -0.3 is 10.3 Å². The number of hydrogen-bond acceptors (Lipinski definition) is 2. The molecular formula is C10H12N2O2. The van der Waals surface area contributed by atoms with Gasteiger partial charge in [-0.3, -0.25) is 9.59 Å². The van der Waals surface area contributed by atoms with Crippen LogP contribution in [0.2, 0.25) is 0 Å². The first kappa shape index (κ1) is 8.99. The Hall–Kier alpha value is -1.58. The Morgan fingerprint density at radius 3 is 2.71 bits per heavy atom. The molecule has 2 N–H and O–H groups in total. The van der Waals surface area contributed by atoms with Gasteiger partial charge in [0.2, 0.25) is 5.91 Å². The van der Waals surface area contributed by atoms with Crippen molar-refractivity contribution in [3.05, 3.63) is 34.2 Å². The predicted octanol–water partition coefficient (Wildman–Crippen LogP) is 0.528. The van der Waals surface area contributed by atoms with E-state index in [2.05, 4.69) is 6.92 Å². The van der Waals surface area contributed by atoms with Crippen LogP contribution in [-0.2, 0) is 0 Å². The van der Waals surface area contributed by atoms with E-state index in [0.717, 1.165) is 6.42 Å². The van der Waals surface area contributed by atoms with E-state index in [1.165, 1.54) is 12.1 Å². The SMILES string of the molecule is C[C@@H]1C[C@@H]1n1cc(C(N)=O)ccc1=O. The molecule has 74 valence electrons. The van der Waals surface area contributed by atoms with Gasteiger partial charge in [0.15, 0.2) is 0 Å². The summed E-state index contributed by atoms with van der Waals surface area (Å²) in [6, 6.07) is 3.11. The largest absolute Gasteiger partial charge is 0.366 e. The third-order valence-corrected chi connectivity index (χ3v) is 2.65. The van der Waals surface area contributed by atoms with Gasteiger partial charge in [-0.15, -0.1) is 0 Å². The van der Waals surface area contributed by atoms with Gasteiger partial charge in [-0.1, -0.05) is 6.92 Å². The van der Waals surface area contributed by atoms with Gasteiger partial charge in [-0.25, -0.2) is 0 Å². The Labute approximate surface area is 81.3 Å². The van der Waals surface area contributed by atoms with Gasteiger partial charge in [0, 0.05) is 18.3 Å². The highest BCUT2D eigenvalue weighted by atomic mass is 16.1. The van der Waals surface area contributed by atoms with Gasteiger partial charge in [0.1, 0.15) is 0 Å². The molecule has 1 fully saturated rings. The van der Waals surface area contributed by atoms with Gasteiger partial charge in [-0.2, -0.15) is 0 Å². The smallest absolute Gasteiger partial charge is 0.250 e. The number of nitrogens with two attached hydrogens (primary N) is 1. The number of amides is 1. The summed E-state index contributed by atoms with van der Waals surface area (Å²) in [6.45, 7) is 2.08. The maximum Gasteiger partial charge on any atom is 0.250 e. The molecule has 1 aromatic rings. The summed E-state index contributed by atoms with van der Waals surface area (Å²) in [6.07, 6.45) is 2.56. The molecule has 1 aromatic heterocycles. The van der Waals surface area contributed by atoms with Crippen LogP contribution in [0.25, 0.3) is 0 Å². The molecular weight excluding hydrogens is 180 g/mol.